The van der Waals surface area contributed by atoms with Crippen molar-refractivity contribution in [1.29, 1.82) is 0 Å². The standard InChI is InChI=1S/C15H12N4O2/c20-12-6-5-11(17-12)14-18-19-15(21-14)13-10-4-2-1-3-9(10)7-8-16-13/h1-4,7-8,11H,5-6H2,(H,17,20). The van der Waals surface area contributed by atoms with Gasteiger partial charge < -0.3 is 9.73 Å². The smallest absolute Gasteiger partial charge is 0.267 e. The van der Waals surface area contributed by atoms with Gasteiger partial charge in [-0.3, -0.25) is 9.78 Å². The normalized spacial score (nSPS) is 18.1. The Morgan fingerprint density at radius 2 is 2.10 bits per heavy atom. The Morgan fingerprint density at radius 3 is 2.95 bits per heavy atom. The van der Waals surface area contributed by atoms with E-state index in [0.717, 1.165) is 10.8 Å². The van der Waals surface area contributed by atoms with Crippen LogP contribution >= 0.6 is 0 Å². The third-order valence-electron chi connectivity index (χ3n) is 3.61. The first kappa shape index (κ1) is 12.0. The number of fused-ring (bicyclic) bond motifs is 1. The van der Waals surface area contributed by atoms with Crippen molar-refractivity contribution >= 4 is 16.7 Å². The maximum absolute atomic E-state index is 11.3. The van der Waals surface area contributed by atoms with Crippen LogP contribution in [-0.2, 0) is 4.79 Å². The van der Waals surface area contributed by atoms with Gasteiger partial charge in [0.2, 0.25) is 11.8 Å². The molecule has 0 bridgehead atoms. The van der Waals surface area contributed by atoms with Crippen LogP contribution in [0.25, 0.3) is 22.4 Å². The molecule has 0 radical (unpaired) electrons. The first-order chi connectivity index (χ1) is 10.3. The zero-order valence-corrected chi connectivity index (χ0v) is 11.1. The number of nitrogens with zero attached hydrogens (tertiary/aromatic N) is 3. The van der Waals surface area contributed by atoms with Gasteiger partial charge in [-0.15, -0.1) is 10.2 Å². The molecule has 1 atom stereocenters. The molecule has 21 heavy (non-hydrogen) atoms. The van der Waals surface area contributed by atoms with Crippen LogP contribution in [0.15, 0.2) is 40.9 Å². The maximum Gasteiger partial charge on any atom is 0.267 e. The molecule has 2 aromatic heterocycles. The van der Waals surface area contributed by atoms with Gasteiger partial charge >= 0.3 is 0 Å². The van der Waals surface area contributed by atoms with E-state index >= 15 is 0 Å². The van der Waals surface area contributed by atoms with Gasteiger partial charge in [0.25, 0.3) is 5.89 Å². The molecule has 6 nitrogen and oxygen atoms in total. The molecule has 3 aromatic rings. The molecule has 1 aliphatic heterocycles. The van der Waals surface area contributed by atoms with E-state index in [9.17, 15) is 4.79 Å². The van der Waals surface area contributed by atoms with Crippen molar-refractivity contribution in [3.63, 3.8) is 0 Å². The quantitative estimate of drug-likeness (QED) is 0.778. The molecule has 1 amide bonds. The summed E-state index contributed by atoms with van der Waals surface area (Å²) in [6.45, 7) is 0. The monoisotopic (exact) mass is 280 g/mol. The SMILES string of the molecule is O=C1CCC(c2nnc(-c3nccc4ccccc34)o2)N1. The molecule has 1 fully saturated rings. The van der Waals surface area contributed by atoms with E-state index in [4.69, 9.17) is 4.42 Å². The second-order valence-corrected chi connectivity index (χ2v) is 4.98. The highest BCUT2D eigenvalue weighted by Crippen LogP contribution is 2.28. The van der Waals surface area contributed by atoms with Crippen molar-refractivity contribution in [3.05, 3.63) is 42.4 Å². The Morgan fingerprint density at radius 1 is 1.19 bits per heavy atom. The Kier molecular flexibility index (Phi) is 2.67. The minimum Gasteiger partial charge on any atom is -0.417 e. The van der Waals surface area contributed by atoms with Crippen molar-refractivity contribution in [3.8, 4) is 11.6 Å². The Hall–Kier alpha value is -2.76. The lowest BCUT2D eigenvalue weighted by Gasteiger charge is -2.03. The van der Waals surface area contributed by atoms with Gasteiger partial charge in [-0.05, 0) is 17.9 Å². The highest BCUT2D eigenvalue weighted by atomic mass is 16.4. The summed E-state index contributed by atoms with van der Waals surface area (Å²) in [7, 11) is 0. The summed E-state index contributed by atoms with van der Waals surface area (Å²) >= 11 is 0. The predicted molar refractivity (Wildman–Crippen MR) is 75.2 cm³/mol. The summed E-state index contributed by atoms with van der Waals surface area (Å²) in [5, 5.41) is 13.0. The molecule has 1 saturated heterocycles. The van der Waals surface area contributed by atoms with Gasteiger partial charge in [-0.2, -0.15) is 0 Å². The molecule has 0 spiro atoms. The molecule has 104 valence electrons. The largest absolute Gasteiger partial charge is 0.417 e. The van der Waals surface area contributed by atoms with Crippen LogP contribution in [0.4, 0.5) is 0 Å². The second-order valence-electron chi connectivity index (χ2n) is 4.98. The van der Waals surface area contributed by atoms with Gasteiger partial charge in [0.05, 0.1) is 0 Å². The Bertz CT molecular complexity index is 822. The third kappa shape index (κ3) is 2.05. The number of aromatic nitrogens is 3. The van der Waals surface area contributed by atoms with E-state index in [1.807, 2.05) is 30.3 Å². The summed E-state index contributed by atoms with van der Waals surface area (Å²) in [5.74, 6) is 0.830. The first-order valence-electron chi connectivity index (χ1n) is 6.78. The van der Waals surface area contributed by atoms with E-state index in [1.54, 1.807) is 6.20 Å². The fraction of sp³-hybridized carbons (Fsp3) is 0.200. The van der Waals surface area contributed by atoms with Crippen LogP contribution in [0.2, 0.25) is 0 Å². The van der Waals surface area contributed by atoms with Gasteiger partial charge in [0.1, 0.15) is 11.7 Å². The number of nitrogens with one attached hydrogen (secondary N) is 1. The third-order valence-corrected chi connectivity index (χ3v) is 3.61. The van der Waals surface area contributed by atoms with E-state index < -0.39 is 0 Å². The molecular formula is C15H12N4O2. The van der Waals surface area contributed by atoms with Gasteiger partial charge in [-0.25, -0.2) is 0 Å². The lowest BCUT2D eigenvalue weighted by Crippen LogP contribution is -2.18. The Balaban J connectivity index is 1.76. The molecule has 0 saturated carbocycles. The van der Waals surface area contributed by atoms with Crippen molar-refractivity contribution in [2.75, 3.05) is 0 Å². The number of carbonyl (C=O) groups is 1. The molecule has 3 heterocycles. The highest BCUT2D eigenvalue weighted by molar-refractivity contribution is 5.92. The van der Waals surface area contributed by atoms with E-state index in [2.05, 4.69) is 20.5 Å². The molecule has 1 unspecified atom stereocenters. The van der Waals surface area contributed by atoms with Crippen molar-refractivity contribution in [2.45, 2.75) is 18.9 Å². The van der Waals surface area contributed by atoms with Crippen LogP contribution in [0.1, 0.15) is 24.8 Å². The predicted octanol–water partition coefficient (Wildman–Crippen LogP) is 2.24. The molecule has 1 aliphatic rings. The molecule has 1 N–H and O–H groups in total. The Labute approximate surface area is 120 Å². The van der Waals surface area contributed by atoms with E-state index in [0.29, 0.717) is 30.3 Å². The van der Waals surface area contributed by atoms with Crippen LogP contribution < -0.4 is 5.32 Å². The van der Waals surface area contributed by atoms with Crippen LogP contribution in [0.3, 0.4) is 0 Å². The lowest BCUT2D eigenvalue weighted by molar-refractivity contribution is -0.119. The van der Waals surface area contributed by atoms with Crippen molar-refractivity contribution < 1.29 is 9.21 Å². The zero-order valence-electron chi connectivity index (χ0n) is 11.1. The number of hydrogen-bond acceptors (Lipinski definition) is 5. The molecule has 6 heteroatoms. The number of benzene rings is 1. The summed E-state index contributed by atoms with van der Waals surface area (Å²) < 4.78 is 5.71. The average molecular weight is 280 g/mol. The summed E-state index contributed by atoms with van der Waals surface area (Å²) in [6, 6.07) is 9.65. The zero-order chi connectivity index (χ0) is 14.2. The van der Waals surface area contributed by atoms with E-state index in [1.165, 1.54) is 0 Å². The second kappa shape index (κ2) is 4.66. The molecule has 1 aromatic carbocycles. The fourth-order valence-corrected chi connectivity index (χ4v) is 2.56. The maximum atomic E-state index is 11.3. The number of pyridine rings is 1. The van der Waals surface area contributed by atoms with Crippen molar-refractivity contribution in [1.82, 2.24) is 20.5 Å². The summed E-state index contributed by atoms with van der Waals surface area (Å²) in [4.78, 5) is 15.6. The van der Waals surface area contributed by atoms with Gasteiger partial charge in [-0.1, -0.05) is 24.3 Å². The fourth-order valence-electron chi connectivity index (χ4n) is 2.56. The van der Waals surface area contributed by atoms with Crippen LogP contribution in [0, 0.1) is 0 Å². The first-order valence-corrected chi connectivity index (χ1v) is 6.78. The minimum absolute atomic E-state index is 0.0167. The topological polar surface area (TPSA) is 80.9 Å². The van der Waals surface area contributed by atoms with Gasteiger partial charge in [0.15, 0.2) is 0 Å². The number of rotatable bonds is 2. The minimum atomic E-state index is -0.186. The number of hydrogen-bond donors (Lipinski definition) is 1. The lowest BCUT2D eigenvalue weighted by atomic mass is 10.1. The molecular weight excluding hydrogens is 268 g/mol. The van der Waals surface area contributed by atoms with Crippen LogP contribution in [-0.4, -0.2) is 21.1 Å². The number of carbonyl (C=O) groups excluding carboxylic acids is 1. The number of amides is 1. The highest BCUT2D eigenvalue weighted by Gasteiger charge is 2.27. The summed E-state index contributed by atoms with van der Waals surface area (Å²) in [6.07, 6.45) is 2.90. The molecule has 0 aliphatic carbocycles. The van der Waals surface area contributed by atoms with Crippen molar-refractivity contribution in [2.24, 2.45) is 0 Å². The van der Waals surface area contributed by atoms with Crippen LogP contribution in [0.5, 0.6) is 0 Å². The van der Waals surface area contributed by atoms with E-state index in [-0.39, 0.29) is 11.9 Å². The average Bonchev–Trinajstić information content (AvgIpc) is 3.15. The van der Waals surface area contributed by atoms with Gasteiger partial charge in [0, 0.05) is 18.0 Å². The summed E-state index contributed by atoms with van der Waals surface area (Å²) in [5.41, 5.74) is 0.663. The molecule has 4 rings (SSSR count).